The van der Waals surface area contributed by atoms with Gasteiger partial charge < -0.3 is 18.7 Å². The highest BCUT2D eigenvalue weighted by atomic mass is 16.7. The Hall–Kier alpha value is -2.76. The summed E-state index contributed by atoms with van der Waals surface area (Å²) < 4.78 is 18.9. The maximum absolute atomic E-state index is 6.32. The first-order chi connectivity index (χ1) is 13.9. The molecule has 144 valence electrons. The molecule has 1 N–H and O–H groups in total. The van der Waals surface area contributed by atoms with Crippen LogP contribution < -0.4 is 5.46 Å². The van der Waals surface area contributed by atoms with Crippen LogP contribution in [0.4, 0.5) is 0 Å². The van der Waals surface area contributed by atoms with Crippen LogP contribution in [0.25, 0.3) is 43.7 Å². The van der Waals surface area contributed by atoms with Gasteiger partial charge in [0.05, 0.1) is 16.7 Å². The molecule has 0 radical (unpaired) electrons. The summed E-state index contributed by atoms with van der Waals surface area (Å²) in [5.74, 6) is 0. The minimum atomic E-state index is -0.414. The standard InChI is InChI=1S/C24H22BNO3/c1-23(2)24(3,4)29-25(28-23)18-10-7-9-15-16-12-13-17-14-8-5-6-11-19(14)27-22(17)21(16)26-20(15)18/h5-13,26H,1-4H3. The number of hydrogen-bond acceptors (Lipinski definition) is 3. The van der Waals surface area contributed by atoms with Gasteiger partial charge >= 0.3 is 7.12 Å². The Morgan fingerprint density at radius 3 is 2.14 bits per heavy atom. The molecular weight excluding hydrogens is 361 g/mol. The summed E-state index contributed by atoms with van der Waals surface area (Å²) >= 11 is 0. The quantitative estimate of drug-likeness (QED) is 0.388. The van der Waals surface area contributed by atoms with Gasteiger partial charge in [-0.25, -0.2) is 0 Å². The summed E-state index contributed by atoms with van der Waals surface area (Å²) in [5.41, 5.74) is 4.10. The normalized spacial score (nSPS) is 18.6. The molecule has 0 saturated carbocycles. The molecule has 0 amide bonds. The highest BCUT2D eigenvalue weighted by Crippen LogP contribution is 2.39. The molecule has 2 aromatic heterocycles. The topological polar surface area (TPSA) is 47.4 Å². The summed E-state index contributed by atoms with van der Waals surface area (Å²) in [6.07, 6.45) is 0. The number of aromatic nitrogens is 1. The van der Waals surface area contributed by atoms with E-state index in [1.165, 1.54) is 0 Å². The van der Waals surface area contributed by atoms with E-state index in [4.69, 9.17) is 13.7 Å². The molecule has 3 aromatic carbocycles. The van der Waals surface area contributed by atoms with Crippen LogP contribution in [0.1, 0.15) is 27.7 Å². The lowest BCUT2D eigenvalue weighted by Gasteiger charge is -2.32. The average Bonchev–Trinajstić information content (AvgIpc) is 3.30. The van der Waals surface area contributed by atoms with E-state index in [1.807, 2.05) is 18.2 Å². The average molecular weight is 383 g/mol. The molecule has 0 unspecified atom stereocenters. The van der Waals surface area contributed by atoms with Crippen LogP contribution in [-0.2, 0) is 9.31 Å². The minimum Gasteiger partial charge on any atom is -0.454 e. The number of furan rings is 1. The molecule has 0 spiro atoms. The zero-order valence-electron chi connectivity index (χ0n) is 17.0. The van der Waals surface area contributed by atoms with E-state index in [-0.39, 0.29) is 11.2 Å². The number of hydrogen-bond donors (Lipinski definition) is 1. The van der Waals surface area contributed by atoms with Gasteiger partial charge in [-0.1, -0.05) is 42.5 Å². The fourth-order valence-electron chi connectivity index (χ4n) is 4.36. The van der Waals surface area contributed by atoms with Gasteiger partial charge in [-0.15, -0.1) is 0 Å². The van der Waals surface area contributed by atoms with Gasteiger partial charge in [-0.2, -0.15) is 0 Å². The van der Waals surface area contributed by atoms with E-state index in [1.54, 1.807) is 0 Å². The van der Waals surface area contributed by atoms with Crippen molar-refractivity contribution in [1.29, 1.82) is 0 Å². The molecule has 0 bridgehead atoms. The van der Waals surface area contributed by atoms with Gasteiger partial charge in [0.25, 0.3) is 0 Å². The maximum atomic E-state index is 6.32. The second kappa shape index (κ2) is 5.44. The van der Waals surface area contributed by atoms with Gasteiger partial charge in [0, 0.05) is 32.5 Å². The summed E-state index contributed by atoms with van der Waals surface area (Å²) in [6, 6.07) is 18.8. The second-order valence-electron chi connectivity index (χ2n) is 8.95. The predicted octanol–water partition coefficient (Wildman–Crippen LogP) is 5.52. The van der Waals surface area contributed by atoms with Crippen LogP contribution in [0.15, 0.2) is 59.0 Å². The lowest BCUT2D eigenvalue weighted by Crippen LogP contribution is -2.41. The van der Waals surface area contributed by atoms with Gasteiger partial charge in [0.2, 0.25) is 0 Å². The number of rotatable bonds is 1. The molecule has 6 rings (SSSR count). The van der Waals surface area contributed by atoms with Crippen LogP contribution in [0.3, 0.4) is 0 Å². The number of para-hydroxylation sites is 2. The molecule has 1 aliphatic rings. The van der Waals surface area contributed by atoms with E-state index >= 15 is 0 Å². The smallest absolute Gasteiger partial charge is 0.454 e. The molecule has 1 fully saturated rings. The van der Waals surface area contributed by atoms with E-state index < -0.39 is 7.12 Å². The third kappa shape index (κ3) is 2.23. The number of fused-ring (bicyclic) bond motifs is 7. The monoisotopic (exact) mass is 383 g/mol. The molecule has 1 saturated heterocycles. The lowest BCUT2D eigenvalue weighted by molar-refractivity contribution is 0.00578. The van der Waals surface area contributed by atoms with Gasteiger partial charge in [0.15, 0.2) is 5.58 Å². The van der Waals surface area contributed by atoms with Crippen LogP contribution in [0, 0.1) is 0 Å². The molecular formula is C24H22BNO3. The Kier molecular flexibility index (Phi) is 3.21. The predicted molar refractivity (Wildman–Crippen MR) is 119 cm³/mol. The van der Waals surface area contributed by atoms with Crippen molar-refractivity contribution >= 4 is 56.3 Å². The van der Waals surface area contributed by atoms with Crippen molar-refractivity contribution in [2.45, 2.75) is 38.9 Å². The first-order valence-electron chi connectivity index (χ1n) is 10.1. The Morgan fingerprint density at radius 1 is 0.690 bits per heavy atom. The Morgan fingerprint density at radius 2 is 1.34 bits per heavy atom. The number of H-pyrrole nitrogens is 1. The zero-order chi connectivity index (χ0) is 20.0. The molecule has 1 aliphatic heterocycles. The lowest BCUT2D eigenvalue weighted by atomic mass is 9.78. The van der Waals surface area contributed by atoms with Crippen LogP contribution in [0.5, 0.6) is 0 Å². The van der Waals surface area contributed by atoms with Crippen LogP contribution in [-0.4, -0.2) is 23.3 Å². The molecule has 5 heteroatoms. The molecule has 0 atom stereocenters. The minimum absolute atomic E-state index is 0.377. The number of benzene rings is 3. The molecule has 5 aromatic rings. The van der Waals surface area contributed by atoms with E-state index in [9.17, 15) is 0 Å². The second-order valence-corrected chi connectivity index (χ2v) is 8.95. The summed E-state index contributed by atoms with van der Waals surface area (Å²) in [6.45, 7) is 8.32. The third-order valence-electron chi connectivity index (χ3n) is 6.69. The third-order valence-corrected chi connectivity index (χ3v) is 6.69. The van der Waals surface area contributed by atoms with Crippen molar-refractivity contribution < 1.29 is 13.7 Å². The van der Waals surface area contributed by atoms with Crippen LogP contribution in [0.2, 0.25) is 0 Å². The highest BCUT2D eigenvalue weighted by Gasteiger charge is 2.52. The van der Waals surface area contributed by atoms with Gasteiger partial charge in [-0.3, -0.25) is 0 Å². The molecule has 0 aliphatic carbocycles. The van der Waals surface area contributed by atoms with E-state index in [0.717, 1.165) is 49.2 Å². The van der Waals surface area contributed by atoms with Crippen molar-refractivity contribution in [3.8, 4) is 0 Å². The largest absolute Gasteiger partial charge is 0.497 e. The Bertz CT molecular complexity index is 1410. The van der Waals surface area contributed by atoms with E-state index in [2.05, 4.69) is 69.1 Å². The van der Waals surface area contributed by atoms with Crippen molar-refractivity contribution in [3.63, 3.8) is 0 Å². The fraction of sp³-hybridized carbons (Fsp3) is 0.250. The maximum Gasteiger partial charge on any atom is 0.497 e. The molecule has 29 heavy (non-hydrogen) atoms. The summed E-state index contributed by atoms with van der Waals surface area (Å²) in [4.78, 5) is 3.63. The summed E-state index contributed by atoms with van der Waals surface area (Å²) in [7, 11) is -0.414. The van der Waals surface area contributed by atoms with Crippen molar-refractivity contribution in [1.82, 2.24) is 4.98 Å². The number of aromatic amines is 1. The molecule has 3 heterocycles. The van der Waals surface area contributed by atoms with Crippen molar-refractivity contribution in [3.05, 3.63) is 54.6 Å². The Labute approximate surface area is 168 Å². The fourth-order valence-corrected chi connectivity index (χ4v) is 4.36. The van der Waals surface area contributed by atoms with Crippen molar-refractivity contribution in [2.75, 3.05) is 0 Å². The zero-order valence-corrected chi connectivity index (χ0v) is 17.0. The van der Waals surface area contributed by atoms with E-state index in [0.29, 0.717) is 0 Å². The first-order valence-corrected chi connectivity index (χ1v) is 10.1. The van der Waals surface area contributed by atoms with Gasteiger partial charge in [0.1, 0.15) is 5.58 Å². The highest BCUT2D eigenvalue weighted by molar-refractivity contribution is 6.65. The molecule has 4 nitrogen and oxygen atoms in total. The van der Waals surface area contributed by atoms with Gasteiger partial charge in [-0.05, 0) is 39.8 Å². The van der Waals surface area contributed by atoms with Crippen LogP contribution >= 0.6 is 0 Å². The Balaban J connectivity index is 1.63. The SMILES string of the molecule is CC1(C)OB(c2cccc3c2[nH]c2c3ccc3c4ccccc4oc32)OC1(C)C. The first kappa shape index (κ1) is 17.1. The summed E-state index contributed by atoms with van der Waals surface area (Å²) in [5, 5.41) is 4.55. The van der Waals surface area contributed by atoms with Crippen molar-refractivity contribution in [2.24, 2.45) is 0 Å². The number of nitrogens with one attached hydrogen (secondary N) is 1.